The molecule has 35 heavy (non-hydrogen) atoms. The average Bonchev–Trinajstić information content (AvgIpc) is 2.89. The summed E-state index contributed by atoms with van der Waals surface area (Å²) in [5.41, 5.74) is 10.8. The van der Waals surface area contributed by atoms with Gasteiger partial charge in [0.2, 0.25) is 0 Å². The van der Waals surface area contributed by atoms with Gasteiger partial charge in [0.1, 0.15) is 0 Å². The zero-order valence-electron chi connectivity index (χ0n) is 22.6. The van der Waals surface area contributed by atoms with Gasteiger partial charge in [0.15, 0.2) is 0 Å². The smallest absolute Gasteiger partial charge is 0.0361 e. The minimum Gasteiger partial charge on any atom is -0.378 e. The molecule has 0 spiro atoms. The van der Waals surface area contributed by atoms with E-state index < -0.39 is 0 Å². The molecule has 0 saturated heterocycles. The lowest BCUT2D eigenvalue weighted by atomic mass is 9.86. The van der Waals surface area contributed by atoms with E-state index >= 15 is 0 Å². The zero-order valence-corrected chi connectivity index (χ0v) is 22.6. The summed E-state index contributed by atoms with van der Waals surface area (Å²) in [6, 6.07) is 35.3. The number of hydrogen-bond donors (Lipinski definition) is 0. The van der Waals surface area contributed by atoms with Crippen molar-refractivity contribution in [2.75, 3.05) is 19.0 Å². The van der Waals surface area contributed by atoms with E-state index in [0.29, 0.717) is 0 Å². The Morgan fingerprint density at radius 2 is 0.800 bits per heavy atom. The molecule has 4 aromatic carbocycles. The van der Waals surface area contributed by atoms with Gasteiger partial charge in [0, 0.05) is 19.8 Å². The molecule has 0 unspecified atom stereocenters. The first kappa shape index (κ1) is 26.3. The molecule has 0 radical (unpaired) electrons. The summed E-state index contributed by atoms with van der Waals surface area (Å²) >= 11 is 0. The highest BCUT2D eigenvalue weighted by atomic mass is 15.1. The van der Waals surface area contributed by atoms with E-state index in [1.54, 1.807) is 0 Å². The fraction of sp³-hybridized carbons (Fsp3) is 0.294. The van der Waals surface area contributed by atoms with Crippen LogP contribution in [0.3, 0.4) is 0 Å². The Labute approximate surface area is 213 Å². The number of anilines is 1. The van der Waals surface area contributed by atoms with Crippen LogP contribution in [0, 0.1) is 0 Å². The average molecular weight is 464 g/mol. The van der Waals surface area contributed by atoms with Gasteiger partial charge in [-0.2, -0.15) is 0 Å². The van der Waals surface area contributed by atoms with Crippen LogP contribution in [-0.4, -0.2) is 14.1 Å². The van der Waals surface area contributed by atoms with Crippen molar-refractivity contribution in [2.24, 2.45) is 0 Å². The third-order valence-electron chi connectivity index (χ3n) is 6.53. The SMILES string of the molecule is CCc1ccc(-c2ccc(C(C)(C)C)cc2)cc1.CCc1ccc(-c2ccc(N(C)C)cc2)cc1. The molecule has 0 N–H and O–H groups in total. The van der Waals surface area contributed by atoms with Crippen LogP contribution in [0.25, 0.3) is 22.3 Å². The number of aryl methyl sites for hydroxylation is 2. The van der Waals surface area contributed by atoms with Crippen molar-refractivity contribution in [3.8, 4) is 22.3 Å². The van der Waals surface area contributed by atoms with E-state index in [1.807, 2.05) is 0 Å². The van der Waals surface area contributed by atoms with Crippen LogP contribution in [0.5, 0.6) is 0 Å². The number of nitrogens with zero attached hydrogens (tertiary/aromatic N) is 1. The van der Waals surface area contributed by atoms with Crippen LogP contribution in [0.2, 0.25) is 0 Å². The normalized spacial score (nSPS) is 10.9. The van der Waals surface area contributed by atoms with Crippen LogP contribution in [0.4, 0.5) is 5.69 Å². The molecule has 0 heterocycles. The maximum Gasteiger partial charge on any atom is 0.0361 e. The van der Waals surface area contributed by atoms with Gasteiger partial charge in [-0.3, -0.25) is 0 Å². The van der Waals surface area contributed by atoms with E-state index in [2.05, 4.69) is 151 Å². The molecule has 1 heteroatoms. The summed E-state index contributed by atoms with van der Waals surface area (Å²) in [7, 11) is 4.12. The predicted molar refractivity (Wildman–Crippen MR) is 156 cm³/mol. The quantitative estimate of drug-likeness (QED) is 0.285. The van der Waals surface area contributed by atoms with Gasteiger partial charge in [-0.05, 0) is 69.3 Å². The molecule has 0 bridgehead atoms. The van der Waals surface area contributed by atoms with Crippen molar-refractivity contribution < 1.29 is 0 Å². The fourth-order valence-electron chi connectivity index (χ4n) is 3.98. The lowest BCUT2D eigenvalue weighted by molar-refractivity contribution is 0.590. The Bertz CT molecular complexity index is 1160. The molecule has 1 nitrogen and oxygen atoms in total. The Morgan fingerprint density at radius 3 is 1.09 bits per heavy atom. The molecule has 0 fully saturated rings. The maximum atomic E-state index is 2.25. The molecule has 0 atom stereocenters. The second kappa shape index (κ2) is 11.9. The van der Waals surface area contributed by atoms with E-state index in [9.17, 15) is 0 Å². The predicted octanol–water partition coefficient (Wildman–Crippen LogP) is 9.20. The van der Waals surface area contributed by atoms with Gasteiger partial charge in [0.05, 0.1) is 0 Å². The second-order valence-corrected chi connectivity index (χ2v) is 10.4. The van der Waals surface area contributed by atoms with E-state index in [-0.39, 0.29) is 5.41 Å². The Balaban J connectivity index is 0.000000196. The molecular weight excluding hydrogens is 422 g/mol. The summed E-state index contributed by atoms with van der Waals surface area (Å²) in [5, 5.41) is 0. The summed E-state index contributed by atoms with van der Waals surface area (Å²) < 4.78 is 0. The van der Waals surface area contributed by atoms with Gasteiger partial charge in [0.25, 0.3) is 0 Å². The molecule has 0 aliphatic rings. The van der Waals surface area contributed by atoms with Crippen molar-refractivity contribution in [2.45, 2.75) is 52.9 Å². The molecule has 4 rings (SSSR count). The van der Waals surface area contributed by atoms with Gasteiger partial charge in [-0.15, -0.1) is 0 Å². The third kappa shape index (κ3) is 7.33. The Kier molecular flexibility index (Phi) is 8.93. The lowest BCUT2D eigenvalue weighted by Crippen LogP contribution is -2.10. The minimum absolute atomic E-state index is 0.227. The summed E-state index contributed by atoms with van der Waals surface area (Å²) in [6.45, 7) is 11.1. The van der Waals surface area contributed by atoms with Gasteiger partial charge in [-0.1, -0.05) is 120 Å². The van der Waals surface area contributed by atoms with Gasteiger partial charge in [-0.25, -0.2) is 0 Å². The second-order valence-electron chi connectivity index (χ2n) is 10.4. The van der Waals surface area contributed by atoms with E-state index in [1.165, 1.54) is 44.6 Å². The van der Waals surface area contributed by atoms with Crippen molar-refractivity contribution in [1.82, 2.24) is 0 Å². The lowest BCUT2D eigenvalue weighted by Gasteiger charge is -2.19. The zero-order chi connectivity index (χ0) is 25.4. The summed E-state index contributed by atoms with van der Waals surface area (Å²) in [5.74, 6) is 0. The molecule has 182 valence electrons. The number of hydrogen-bond acceptors (Lipinski definition) is 1. The van der Waals surface area contributed by atoms with Crippen molar-refractivity contribution in [1.29, 1.82) is 0 Å². The first-order chi connectivity index (χ1) is 16.7. The Morgan fingerprint density at radius 1 is 0.486 bits per heavy atom. The van der Waals surface area contributed by atoms with Crippen molar-refractivity contribution in [3.63, 3.8) is 0 Å². The van der Waals surface area contributed by atoms with Crippen LogP contribution < -0.4 is 4.90 Å². The molecule has 0 saturated carbocycles. The summed E-state index contributed by atoms with van der Waals surface area (Å²) in [4.78, 5) is 2.12. The molecular formula is C34H41N. The highest BCUT2D eigenvalue weighted by molar-refractivity contribution is 5.66. The van der Waals surface area contributed by atoms with Crippen LogP contribution in [-0.2, 0) is 18.3 Å². The van der Waals surface area contributed by atoms with Gasteiger partial charge >= 0.3 is 0 Å². The topological polar surface area (TPSA) is 3.24 Å². The van der Waals surface area contributed by atoms with Crippen molar-refractivity contribution in [3.05, 3.63) is 114 Å². The maximum absolute atomic E-state index is 2.25. The van der Waals surface area contributed by atoms with Crippen LogP contribution >= 0.6 is 0 Å². The van der Waals surface area contributed by atoms with Crippen LogP contribution in [0.15, 0.2) is 97.1 Å². The first-order valence-electron chi connectivity index (χ1n) is 12.8. The third-order valence-corrected chi connectivity index (χ3v) is 6.53. The highest BCUT2D eigenvalue weighted by Gasteiger charge is 2.12. The molecule has 0 amide bonds. The van der Waals surface area contributed by atoms with E-state index in [0.717, 1.165) is 12.8 Å². The first-order valence-corrected chi connectivity index (χ1v) is 12.8. The van der Waals surface area contributed by atoms with Crippen LogP contribution in [0.1, 0.15) is 51.3 Å². The largest absolute Gasteiger partial charge is 0.378 e. The Hall–Kier alpha value is -3.32. The molecule has 0 aliphatic heterocycles. The molecule has 4 aromatic rings. The van der Waals surface area contributed by atoms with Gasteiger partial charge < -0.3 is 4.90 Å². The fourth-order valence-corrected chi connectivity index (χ4v) is 3.98. The number of benzene rings is 4. The standard InChI is InChI=1S/C18H22.C16H19N/c1-5-14-6-8-15(9-7-14)16-10-12-17(13-11-16)18(2,3)4;1-4-13-5-7-14(8-6-13)15-9-11-16(12-10-15)17(2)3/h6-13H,5H2,1-4H3;5-12H,4H2,1-3H3. The summed E-state index contributed by atoms with van der Waals surface area (Å²) in [6.07, 6.45) is 2.20. The minimum atomic E-state index is 0.227. The molecule has 0 aromatic heterocycles. The molecule has 0 aliphatic carbocycles. The van der Waals surface area contributed by atoms with Crippen molar-refractivity contribution >= 4 is 5.69 Å². The van der Waals surface area contributed by atoms with E-state index in [4.69, 9.17) is 0 Å². The highest BCUT2D eigenvalue weighted by Crippen LogP contribution is 2.26. The number of rotatable bonds is 5. The monoisotopic (exact) mass is 463 g/mol.